The molecule has 1 saturated heterocycles. The van der Waals surface area contributed by atoms with Crippen molar-refractivity contribution < 1.29 is 9.72 Å². The Hall–Kier alpha value is -2.70. The van der Waals surface area contributed by atoms with E-state index in [9.17, 15) is 14.9 Å². The summed E-state index contributed by atoms with van der Waals surface area (Å²) in [6.07, 6.45) is 1.37. The number of likely N-dealkylation sites (tertiary alicyclic amines) is 1. The molecule has 1 aliphatic heterocycles. The minimum Gasteiger partial charge on any atom is -0.380 e. The highest BCUT2D eigenvalue weighted by atomic mass is 16.6. The van der Waals surface area contributed by atoms with Gasteiger partial charge in [0.05, 0.1) is 10.4 Å². The molecular formula is C17H20N4O3. The van der Waals surface area contributed by atoms with Gasteiger partial charge in [-0.2, -0.15) is 0 Å². The van der Waals surface area contributed by atoms with Gasteiger partial charge < -0.3 is 10.2 Å². The third-order valence-electron chi connectivity index (χ3n) is 4.33. The lowest BCUT2D eigenvalue weighted by Crippen LogP contribution is -2.31. The van der Waals surface area contributed by atoms with Crippen LogP contribution in [0.15, 0.2) is 24.3 Å². The van der Waals surface area contributed by atoms with E-state index in [1.807, 2.05) is 24.8 Å². The fourth-order valence-electron chi connectivity index (χ4n) is 3.13. The summed E-state index contributed by atoms with van der Waals surface area (Å²) in [6, 6.07) is 6.73. The molecule has 0 spiro atoms. The predicted octanol–water partition coefficient (Wildman–Crippen LogP) is 2.87. The maximum absolute atomic E-state index is 11.8. The number of nitrogens with one attached hydrogen (secondary N) is 1. The van der Waals surface area contributed by atoms with Gasteiger partial charge in [-0.1, -0.05) is 6.92 Å². The van der Waals surface area contributed by atoms with E-state index in [0.717, 1.165) is 35.2 Å². The summed E-state index contributed by atoms with van der Waals surface area (Å²) in [5, 5.41) is 15.2. The largest absolute Gasteiger partial charge is 0.380 e. The van der Waals surface area contributed by atoms with Gasteiger partial charge in [0.15, 0.2) is 0 Å². The molecule has 0 radical (unpaired) electrons. The maximum atomic E-state index is 11.8. The van der Waals surface area contributed by atoms with Crippen LogP contribution in [-0.4, -0.2) is 39.8 Å². The number of anilines is 1. The summed E-state index contributed by atoms with van der Waals surface area (Å²) in [4.78, 5) is 28.7. The molecular weight excluding hydrogens is 308 g/mol. The predicted molar refractivity (Wildman–Crippen MR) is 92.0 cm³/mol. The van der Waals surface area contributed by atoms with Crippen LogP contribution in [-0.2, 0) is 4.79 Å². The van der Waals surface area contributed by atoms with E-state index in [0.29, 0.717) is 13.0 Å². The van der Waals surface area contributed by atoms with Gasteiger partial charge in [-0.15, -0.1) is 0 Å². The van der Waals surface area contributed by atoms with E-state index >= 15 is 0 Å². The number of amides is 1. The number of carbonyl (C=O) groups is 1. The normalized spacial score (nSPS) is 17.2. The lowest BCUT2D eigenvalue weighted by Gasteiger charge is -2.18. The van der Waals surface area contributed by atoms with Crippen molar-refractivity contribution in [2.24, 2.45) is 0 Å². The number of pyridine rings is 1. The third kappa shape index (κ3) is 3.15. The van der Waals surface area contributed by atoms with Crippen molar-refractivity contribution in [1.29, 1.82) is 0 Å². The van der Waals surface area contributed by atoms with Crippen LogP contribution in [0.5, 0.6) is 0 Å². The standard InChI is InChI=1S/C17H20N4O3/c1-3-17(22)20-7-6-12(10-20)19-16-8-11(2)18-15-5-4-13(21(23)24)9-14(15)16/h4-5,8-9,12H,3,6-7,10H2,1-2H3,(H,18,19)/t12-/m1/s1. The average molecular weight is 328 g/mol. The second kappa shape index (κ2) is 6.43. The third-order valence-corrected chi connectivity index (χ3v) is 4.33. The molecule has 0 unspecified atom stereocenters. The molecule has 7 nitrogen and oxygen atoms in total. The zero-order chi connectivity index (χ0) is 17.3. The van der Waals surface area contributed by atoms with Crippen LogP contribution in [0.3, 0.4) is 0 Å². The van der Waals surface area contributed by atoms with Crippen molar-refractivity contribution >= 4 is 28.2 Å². The first-order chi connectivity index (χ1) is 11.5. The molecule has 1 aromatic heterocycles. The van der Waals surface area contributed by atoms with Gasteiger partial charge in [0, 0.05) is 54.5 Å². The Morgan fingerprint density at radius 3 is 2.96 bits per heavy atom. The van der Waals surface area contributed by atoms with E-state index in [1.54, 1.807) is 12.1 Å². The number of benzene rings is 1. The molecule has 3 rings (SSSR count). The summed E-state index contributed by atoms with van der Waals surface area (Å²) in [5.74, 6) is 0.158. The van der Waals surface area contributed by atoms with Crippen LogP contribution in [0.25, 0.3) is 10.9 Å². The van der Waals surface area contributed by atoms with Crippen molar-refractivity contribution in [1.82, 2.24) is 9.88 Å². The van der Waals surface area contributed by atoms with E-state index in [2.05, 4.69) is 10.3 Å². The zero-order valence-corrected chi connectivity index (χ0v) is 13.8. The van der Waals surface area contributed by atoms with Crippen molar-refractivity contribution in [3.05, 3.63) is 40.1 Å². The minimum absolute atomic E-state index is 0.0467. The van der Waals surface area contributed by atoms with E-state index in [-0.39, 0.29) is 17.6 Å². The summed E-state index contributed by atoms with van der Waals surface area (Å²) < 4.78 is 0. The van der Waals surface area contributed by atoms with Gasteiger partial charge in [-0.25, -0.2) is 0 Å². The molecule has 126 valence electrons. The molecule has 1 aliphatic rings. The average Bonchev–Trinajstić information content (AvgIpc) is 3.02. The number of carbonyl (C=O) groups excluding carboxylic acids is 1. The second-order valence-electron chi connectivity index (χ2n) is 6.09. The van der Waals surface area contributed by atoms with Gasteiger partial charge in [0.25, 0.3) is 5.69 Å². The molecule has 2 aromatic rings. The number of hydrogen-bond donors (Lipinski definition) is 1. The maximum Gasteiger partial charge on any atom is 0.270 e. The zero-order valence-electron chi connectivity index (χ0n) is 13.8. The van der Waals surface area contributed by atoms with Crippen molar-refractivity contribution in [3.63, 3.8) is 0 Å². The van der Waals surface area contributed by atoms with Crippen LogP contribution in [0.4, 0.5) is 11.4 Å². The van der Waals surface area contributed by atoms with Crippen LogP contribution in [0.1, 0.15) is 25.5 Å². The molecule has 1 N–H and O–H groups in total. The summed E-state index contributed by atoms with van der Waals surface area (Å²) >= 11 is 0. The Balaban J connectivity index is 1.90. The summed E-state index contributed by atoms with van der Waals surface area (Å²) in [5.41, 5.74) is 2.45. The monoisotopic (exact) mass is 328 g/mol. The molecule has 0 bridgehead atoms. The highest BCUT2D eigenvalue weighted by molar-refractivity contribution is 5.93. The lowest BCUT2D eigenvalue weighted by atomic mass is 10.1. The number of rotatable bonds is 4. The molecule has 1 aromatic carbocycles. The molecule has 0 saturated carbocycles. The first-order valence-electron chi connectivity index (χ1n) is 8.08. The van der Waals surface area contributed by atoms with Gasteiger partial charge in [0.2, 0.25) is 5.91 Å². The topological polar surface area (TPSA) is 88.4 Å². The summed E-state index contributed by atoms with van der Waals surface area (Å²) in [6.45, 7) is 5.16. The van der Waals surface area contributed by atoms with Gasteiger partial charge in [0.1, 0.15) is 0 Å². The molecule has 1 atom stereocenters. The van der Waals surface area contributed by atoms with Crippen molar-refractivity contribution in [2.45, 2.75) is 32.7 Å². The van der Waals surface area contributed by atoms with Gasteiger partial charge in [-0.3, -0.25) is 19.9 Å². The van der Waals surface area contributed by atoms with Crippen molar-refractivity contribution in [3.8, 4) is 0 Å². The highest BCUT2D eigenvalue weighted by Gasteiger charge is 2.25. The number of non-ortho nitro benzene ring substituents is 1. The Morgan fingerprint density at radius 1 is 1.46 bits per heavy atom. The number of fused-ring (bicyclic) bond motifs is 1. The molecule has 1 fully saturated rings. The summed E-state index contributed by atoms with van der Waals surface area (Å²) in [7, 11) is 0. The van der Waals surface area contributed by atoms with Crippen LogP contribution in [0.2, 0.25) is 0 Å². The van der Waals surface area contributed by atoms with Crippen LogP contribution < -0.4 is 5.32 Å². The first-order valence-corrected chi connectivity index (χ1v) is 8.08. The van der Waals surface area contributed by atoms with Crippen LogP contribution in [0, 0.1) is 17.0 Å². The number of aromatic nitrogens is 1. The van der Waals surface area contributed by atoms with Crippen LogP contribution >= 0.6 is 0 Å². The molecule has 0 aliphatic carbocycles. The Kier molecular flexibility index (Phi) is 4.33. The fourth-order valence-corrected chi connectivity index (χ4v) is 3.13. The van der Waals surface area contributed by atoms with E-state index < -0.39 is 4.92 Å². The lowest BCUT2D eigenvalue weighted by molar-refractivity contribution is -0.384. The number of hydrogen-bond acceptors (Lipinski definition) is 5. The molecule has 1 amide bonds. The quantitative estimate of drug-likeness (QED) is 0.688. The number of nitro groups is 1. The molecule has 24 heavy (non-hydrogen) atoms. The number of nitro benzene ring substituents is 1. The Labute approximate surface area is 139 Å². The Bertz CT molecular complexity index is 806. The second-order valence-corrected chi connectivity index (χ2v) is 6.09. The van der Waals surface area contributed by atoms with Crippen molar-refractivity contribution in [2.75, 3.05) is 18.4 Å². The van der Waals surface area contributed by atoms with E-state index in [1.165, 1.54) is 6.07 Å². The fraction of sp³-hybridized carbons (Fsp3) is 0.412. The van der Waals surface area contributed by atoms with Gasteiger partial charge in [-0.05, 0) is 25.5 Å². The highest BCUT2D eigenvalue weighted by Crippen LogP contribution is 2.28. The first kappa shape index (κ1) is 16.2. The molecule has 2 heterocycles. The Morgan fingerprint density at radius 2 is 2.25 bits per heavy atom. The number of aryl methyl sites for hydroxylation is 1. The minimum atomic E-state index is -0.402. The van der Waals surface area contributed by atoms with E-state index in [4.69, 9.17) is 0 Å². The SMILES string of the molecule is CCC(=O)N1CC[C@@H](Nc2cc(C)nc3ccc([N+](=O)[O-])cc23)C1. The number of nitrogens with zero attached hydrogens (tertiary/aromatic N) is 3. The molecule has 7 heteroatoms. The van der Waals surface area contributed by atoms with Gasteiger partial charge >= 0.3 is 0 Å². The smallest absolute Gasteiger partial charge is 0.270 e.